The minimum atomic E-state index is -0.0468. The predicted octanol–water partition coefficient (Wildman–Crippen LogP) is 2.76. The van der Waals surface area contributed by atoms with Gasteiger partial charge in [-0.3, -0.25) is 4.79 Å². The molecular formula is C15H18BrNO3. The van der Waals surface area contributed by atoms with Crippen LogP contribution in [-0.4, -0.2) is 31.8 Å². The van der Waals surface area contributed by atoms with E-state index in [0.29, 0.717) is 11.5 Å². The zero-order valence-corrected chi connectivity index (χ0v) is 13.0. The third-order valence-corrected chi connectivity index (χ3v) is 4.57. The summed E-state index contributed by atoms with van der Waals surface area (Å²) in [5.74, 6) is 1.32. The second-order valence-corrected chi connectivity index (χ2v) is 6.25. The number of hydrogen-bond donors (Lipinski definition) is 1. The van der Waals surface area contributed by atoms with Crippen LogP contribution in [-0.2, 0) is 4.74 Å². The standard InChI is InChI=1S/C15H18BrNO3/c1-19-13-5-4-10(8-11(13)16)15(18)17-12-6-7-20-14(12)9-2-3-9/h4-5,8-9,12,14H,2-3,6-7H2,1H3,(H,17,18). The minimum Gasteiger partial charge on any atom is -0.496 e. The van der Waals surface area contributed by atoms with E-state index in [0.717, 1.165) is 23.2 Å². The molecule has 2 unspecified atom stereocenters. The summed E-state index contributed by atoms with van der Waals surface area (Å²) >= 11 is 3.40. The Hall–Kier alpha value is -1.07. The van der Waals surface area contributed by atoms with Crippen molar-refractivity contribution in [2.24, 2.45) is 5.92 Å². The topological polar surface area (TPSA) is 47.6 Å². The second-order valence-electron chi connectivity index (χ2n) is 5.39. The minimum absolute atomic E-state index is 0.0468. The maximum Gasteiger partial charge on any atom is 0.251 e. The molecule has 0 bridgehead atoms. The number of ether oxygens (including phenoxy) is 2. The van der Waals surface area contributed by atoms with Crippen LogP contribution in [0.2, 0.25) is 0 Å². The molecule has 0 radical (unpaired) electrons. The lowest BCUT2D eigenvalue weighted by molar-refractivity contribution is 0.0729. The van der Waals surface area contributed by atoms with Crippen LogP contribution in [0.15, 0.2) is 22.7 Å². The molecule has 0 spiro atoms. The van der Waals surface area contributed by atoms with Crippen molar-refractivity contribution in [2.45, 2.75) is 31.4 Å². The molecule has 4 nitrogen and oxygen atoms in total. The summed E-state index contributed by atoms with van der Waals surface area (Å²) in [6.45, 7) is 0.748. The van der Waals surface area contributed by atoms with E-state index in [1.807, 2.05) is 0 Å². The molecule has 1 amide bonds. The fourth-order valence-corrected chi connectivity index (χ4v) is 3.26. The lowest BCUT2D eigenvalue weighted by atomic mass is 10.1. The van der Waals surface area contributed by atoms with Crippen LogP contribution >= 0.6 is 15.9 Å². The second kappa shape index (κ2) is 5.74. The third-order valence-electron chi connectivity index (χ3n) is 3.95. The van der Waals surface area contributed by atoms with Crippen LogP contribution in [0.5, 0.6) is 5.75 Å². The van der Waals surface area contributed by atoms with Crippen molar-refractivity contribution in [3.8, 4) is 5.75 Å². The van der Waals surface area contributed by atoms with Crippen molar-refractivity contribution in [1.82, 2.24) is 5.32 Å². The van der Waals surface area contributed by atoms with Gasteiger partial charge in [0.1, 0.15) is 5.75 Å². The van der Waals surface area contributed by atoms with Crippen LogP contribution in [0.25, 0.3) is 0 Å². The molecule has 1 aromatic carbocycles. The molecule has 2 fully saturated rings. The number of hydrogen-bond acceptors (Lipinski definition) is 3. The summed E-state index contributed by atoms with van der Waals surface area (Å²) in [7, 11) is 1.61. The molecule has 1 aliphatic heterocycles. The first-order valence-corrected chi connectivity index (χ1v) is 7.74. The lowest BCUT2D eigenvalue weighted by Gasteiger charge is -2.19. The highest BCUT2D eigenvalue weighted by molar-refractivity contribution is 9.10. The molecule has 5 heteroatoms. The first kappa shape index (κ1) is 13.9. The molecule has 1 saturated heterocycles. The Labute approximate surface area is 127 Å². The quantitative estimate of drug-likeness (QED) is 0.917. The van der Waals surface area contributed by atoms with Crippen LogP contribution in [0.4, 0.5) is 0 Å². The highest BCUT2D eigenvalue weighted by Crippen LogP contribution is 2.38. The summed E-state index contributed by atoms with van der Waals surface area (Å²) in [6, 6.07) is 5.51. The first-order valence-electron chi connectivity index (χ1n) is 6.95. The monoisotopic (exact) mass is 339 g/mol. The maximum absolute atomic E-state index is 12.3. The first-order chi connectivity index (χ1) is 9.69. The van der Waals surface area contributed by atoms with Gasteiger partial charge in [-0.05, 0) is 59.3 Å². The Morgan fingerprint density at radius 2 is 2.20 bits per heavy atom. The molecule has 1 heterocycles. The van der Waals surface area contributed by atoms with E-state index in [2.05, 4.69) is 21.2 Å². The fourth-order valence-electron chi connectivity index (χ4n) is 2.71. The van der Waals surface area contributed by atoms with E-state index in [9.17, 15) is 4.79 Å². The number of methoxy groups -OCH3 is 1. The molecule has 108 valence electrons. The van der Waals surface area contributed by atoms with Gasteiger partial charge >= 0.3 is 0 Å². The normalized spacial score (nSPS) is 25.5. The average molecular weight is 340 g/mol. The van der Waals surface area contributed by atoms with Gasteiger partial charge in [-0.25, -0.2) is 0 Å². The molecule has 2 aliphatic rings. The molecular weight excluding hydrogens is 322 g/mol. The van der Waals surface area contributed by atoms with Gasteiger partial charge in [0.2, 0.25) is 0 Å². The Morgan fingerprint density at radius 3 is 2.85 bits per heavy atom. The molecule has 3 rings (SSSR count). The van der Waals surface area contributed by atoms with Gasteiger partial charge in [-0.1, -0.05) is 0 Å². The molecule has 0 aromatic heterocycles. The third kappa shape index (κ3) is 2.83. The van der Waals surface area contributed by atoms with Gasteiger partial charge in [0.05, 0.1) is 23.7 Å². The van der Waals surface area contributed by atoms with Crippen molar-refractivity contribution in [3.63, 3.8) is 0 Å². The predicted molar refractivity (Wildman–Crippen MR) is 79.0 cm³/mol. The van der Waals surface area contributed by atoms with Gasteiger partial charge in [0.25, 0.3) is 5.91 Å². The number of amides is 1. The van der Waals surface area contributed by atoms with E-state index in [1.165, 1.54) is 12.8 Å². The van der Waals surface area contributed by atoms with Crippen LogP contribution < -0.4 is 10.1 Å². The highest BCUT2D eigenvalue weighted by atomic mass is 79.9. The van der Waals surface area contributed by atoms with Crippen LogP contribution in [0.3, 0.4) is 0 Å². The number of benzene rings is 1. The van der Waals surface area contributed by atoms with E-state index >= 15 is 0 Å². The Morgan fingerprint density at radius 1 is 1.40 bits per heavy atom. The van der Waals surface area contributed by atoms with E-state index in [-0.39, 0.29) is 18.1 Å². The zero-order chi connectivity index (χ0) is 14.1. The van der Waals surface area contributed by atoms with Crippen molar-refractivity contribution < 1.29 is 14.3 Å². The zero-order valence-electron chi connectivity index (χ0n) is 11.4. The van der Waals surface area contributed by atoms with Crippen LogP contribution in [0.1, 0.15) is 29.6 Å². The largest absolute Gasteiger partial charge is 0.496 e. The smallest absolute Gasteiger partial charge is 0.251 e. The Balaban J connectivity index is 1.68. The molecule has 1 saturated carbocycles. The van der Waals surface area contributed by atoms with Crippen molar-refractivity contribution in [3.05, 3.63) is 28.2 Å². The van der Waals surface area contributed by atoms with Gasteiger partial charge in [0, 0.05) is 12.2 Å². The van der Waals surface area contributed by atoms with Gasteiger partial charge in [-0.15, -0.1) is 0 Å². The Kier molecular flexibility index (Phi) is 3.98. The molecule has 1 N–H and O–H groups in total. The van der Waals surface area contributed by atoms with Gasteiger partial charge in [-0.2, -0.15) is 0 Å². The van der Waals surface area contributed by atoms with Gasteiger partial charge in [0.15, 0.2) is 0 Å². The number of nitrogens with one attached hydrogen (secondary N) is 1. The highest BCUT2D eigenvalue weighted by Gasteiger charge is 2.41. The average Bonchev–Trinajstić information content (AvgIpc) is 3.19. The molecule has 1 aromatic rings. The number of carbonyl (C=O) groups excluding carboxylic acids is 1. The SMILES string of the molecule is COc1ccc(C(=O)NC2CCOC2C2CC2)cc1Br. The summed E-state index contributed by atoms with van der Waals surface area (Å²) in [5, 5.41) is 3.11. The fraction of sp³-hybridized carbons (Fsp3) is 0.533. The van der Waals surface area contributed by atoms with Gasteiger partial charge < -0.3 is 14.8 Å². The van der Waals surface area contributed by atoms with Crippen molar-refractivity contribution in [2.75, 3.05) is 13.7 Å². The van der Waals surface area contributed by atoms with Crippen LogP contribution in [0, 0.1) is 5.92 Å². The lowest BCUT2D eigenvalue weighted by Crippen LogP contribution is -2.41. The molecule has 2 atom stereocenters. The summed E-state index contributed by atoms with van der Waals surface area (Å²) in [6.07, 6.45) is 3.57. The van der Waals surface area contributed by atoms with Crippen molar-refractivity contribution >= 4 is 21.8 Å². The number of halogens is 1. The van der Waals surface area contributed by atoms with E-state index in [1.54, 1.807) is 25.3 Å². The number of carbonyl (C=O) groups is 1. The summed E-state index contributed by atoms with van der Waals surface area (Å²) in [4.78, 5) is 12.3. The Bertz CT molecular complexity index is 516. The summed E-state index contributed by atoms with van der Waals surface area (Å²) in [5.41, 5.74) is 0.638. The number of rotatable bonds is 4. The van der Waals surface area contributed by atoms with E-state index < -0.39 is 0 Å². The van der Waals surface area contributed by atoms with E-state index in [4.69, 9.17) is 9.47 Å². The maximum atomic E-state index is 12.3. The molecule has 1 aliphatic carbocycles. The van der Waals surface area contributed by atoms with Crippen molar-refractivity contribution in [1.29, 1.82) is 0 Å². The summed E-state index contributed by atoms with van der Waals surface area (Å²) < 4.78 is 11.7. The molecule has 20 heavy (non-hydrogen) atoms.